The van der Waals surface area contributed by atoms with Crippen LogP contribution in [0.3, 0.4) is 0 Å². The second-order valence-electron chi connectivity index (χ2n) is 6.57. The van der Waals surface area contributed by atoms with Crippen molar-refractivity contribution >= 4 is 0 Å². The molecular formula is C19H32N2O2. The Morgan fingerprint density at radius 1 is 1.13 bits per heavy atom. The van der Waals surface area contributed by atoms with Crippen LogP contribution in [0, 0.1) is 13.8 Å². The van der Waals surface area contributed by atoms with E-state index >= 15 is 0 Å². The molecule has 1 aliphatic heterocycles. The SMILES string of the molecule is CCC(CO)N1CCN(CCCOc2ccc(C)c(C)c2)CC1. The first kappa shape index (κ1) is 18.2. The van der Waals surface area contributed by atoms with Gasteiger partial charge in [-0.1, -0.05) is 13.0 Å². The molecule has 130 valence electrons. The number of aliphatic hydroxyl groups excluding tert-OH is 1. The minimum absolute atomic E-state index is 0.278. The summed E-state index contributed by atoms with van der Waals surface area (Å²) < 4.78 is 5.86. The summed E-state index contributed by atoms with van der Waals surface area (Å²) in [6.45, 7) is 12.9. The van der Waals surface area contributed by atoms with Gasteiger partial charge in [0.15, 0.2) is 0 Å². The Hall–Kier alpha value is -1.10. The second kappa shape index (κ2) is 9.26. The Balaban J connectivity index is 1.63. The molecule has 1 aromatic rings. The lowest BCUT2D eigenvalue weighted by Crippen LogP contribution is -2.51. The maximum absolute atomic E-state index is 9.39. The van der Waals surface area contributed by atoms with Gasteiger partial charge >= 0.3 is 0 Å². The average molecular weight is 320 g/mol. The number of rotatable bonds is 8. The van der Waals surface area contributed by atoms with Crippen LogP contribution in [0.15, 0.2) is 18.2 Å². The lowest BCUT2D eigenvalue weighted by Gasteiger charge is -2.38. The van der Waals surface area contributed by atoms with Gasteiger partial charge in [-0.15, -0.1) is 0 Å². The molecule has 0 aromatic heterocycles. The van der Waals surface area contributed by atoms with Gasteiger partial charge in [0.25, 0.3) is 0 Å². The highest BCUT2D eigenvalue weighted by Crippen LogP contribution is 2.16. The quantitative estimate of drug-likeness (QED) is 0.747. The Kier molecular flexibility index (Phi) is 7.34. The second-order valence-corrected chi connectivity index (χ2v) is 6.57. The number of aryl methyl sites for hydroxylation is 2. The molecule has 0 spiro atoms. The minimum atomic E-state index is 0.278. The Morgan fingerprint density at radius 2 is 1.87 bits per heavy atom. The summed E-state index contributed by atoms with van der Waals surface area (Å²) in [4.78, 5) is 4.92. The molecule has 1 saturated heterocycles. The van der Waals surface area contributed by atoms with Crippen molar-refractivity contribution in [2.75, 3.05) is 45.9 Å². The summed E-state index contributed by atoms with van der Waals surface area (Å²) in [7, 11) is 0. The van der Waals surface area contributed by atoms with E-state index in [9.17, 15) is 5.11 Å². The van der Waals surface area contributed by atoms with E-state index in [2.05, 4.69) is 48.8 Å². The van der Waals surface area contributed by atoms with Crippen molar-refractivity contribution in [3.63, 3.8) is 0 Å². The topological polar surface area (TPSA) is 35.9 Å². The Morgan fingerprint density at radius 3 is 2.48 bits per heavy atom. The van der Waals surface area contributed by atoms with Crippen molar-refractivity contribution in [1.82, 2.24) is 9.80 Å². The smallest absolute Gasteiger partial charge is 0.119 e. The molecule has 1 atom stereocenters. The van der Waals surface area contributed by atoms with Gasteiger partial charge in [0, 0.05) is 38.8 Å². The third kappa shape index (κ3) is 5.48. The molecule has 4 nitrogen and oxygen atoms in total. The van der Waals surface area contributed by atoms with Crippen molar-refractivity contribution in [1.29, 1.82) is 0 Å². The number of aliphatic hydroxyl groups is 1. The van der Waals surface area contributed by atoms with E-state index in [1.165, 1.54) is 11.1 Å². The lowest BCUT2D eigenvalue weighted by atomic mass is 10.1. The fourth-order valence-electron chi connectivity index (χ4n) is 3.14. The van der Waals surface area contributed by atoms with E-state index in [4.69, 9.17) is 4.74 Å². The van der Waals surface area contributed by atoms with Crippen LogP contribution in [0.1, 0.15) is 30.9 Å². The molecule has 0 radical (unpaired) electrons. The first-order valence-corrected chi connectivity index (χ1v) is 8.91. The van der Waals surface area contributed by atoms with Crippen molar-refractivity contribution in [2.45, 2.75) is 39.7 Å². The van der Waals surface area contributed by atoms with Crippen LogP contribution in [0.25, 0.3) is 0 Å². The molecule has 0 aliphatic carbocycles. The molecule has 2 rings (SSSR count). The van der Waals surface area contributed by atoms with Crippen LogP contribution in [0.2, 0.25) is 0 Å². The van der Waals surface area contributed by atoms with E-state index in [0.717, 1.165) is 57.9 Å². The monoisotopic (exact) mass is 320 g/mol. The summed E-state index contributed by atoms with van der Waals surface area (Å²) in [5, 5.41) is 9.39. The molecule has 4 heteroatoms. The number of hydrogen-bond donors (Lipinski definition) is 1. The molecule has 0 bridgehead atoms. The van der Waals surface area contributed by atoms with Crippen LogP contribution in [0.4, 0.5) is 0 Å². The number of piperazine rings is 1. The van der Waals surface area contributed by atoms with Crippen LogP contribution < -0.4 is 4.74 Å². The maximum Gasteiger partial charge on any atom is 0.119 e. The highest BCUT2D eigenvalue weighted by Gasteiger charge is 2.21. The molecular weight excluding hydrogens is 288 g/mol. The molecule has 23 heavy (non-hydrogen) atoms. The minimum Gasteiger partial charge on any atom is -0.494 e. The molecule has 0 saturated carbocycles. The van der Waals surface area contributed by atoms with Crippen molar-refractivity contribution < 1.29 is 9.84 Å². The predicted octanol–water partition coefficient (Wildman–Crippen LogP) is 2.46. The third-order valence-corrected chi connectivity index (χ3v) is 4.97. The van der Waals surface area contributed by atoms with Gasteiger partial charge in [0.2, 0.25) is 0 Å². The van der Waals surface area contributed by atoms with Gasteiger partial charge < -0.3 is 14.7 Å². The number of ether oxygens (including phenoxy) is 1. The van der Waals surface area contributed by atoms with Gasteiger partial charge in [-0.25, -0.2) is 0 Å². The van der Waals surface area contributed by atoms with Crippen LogP contribution in [-0.4, -0.2) is 66.9 Å². The fourth-order valence-corrected chi connectivity index (χ4v) is 3.14. The number of hydrogen-bond acceptors (Lipinski definition) is 4. The first-order valence-electron chi connectivity index (χ1n) is 8.91. The number of benzene rings is 1. The summed E-state index contributed by atoms with van der Waals surface area (Å²) in [5.41, 5.74) is 2.59. The Bertz CT molecular complexity index is 466. The Labute approximate surface area is 141 Å². The summed E-state index contributed by atoms with van der Waals surface area (Å²) in [6.07, 6.45) is 2.09. The molecule has 1 fully saturated rings. The van der Waals surface area contributed by atoms with Gasteiger partial charge in [0.1, 0.15) is 5.75 Å². The molecule has 1 unspecified atom stereocenters. The summed E-state index contributed by atoms with van der Waals surface area (Å²) >= 11 is 0. The van der Waals surface area contributed by atoms with Gasteiger partial charge in [-0.05, 0) is 49.9 Å². The van der Waals surface area contributed by atoms with Gasteiger partial charge in [-0.3, -0.25) is 4.90 Å². The number of nitrogens with zero attached hydrogens (tertiary/aromatic N) is 2. The standard InChI is InChI=1S/C19H32N2O2/c1-4-18(15-22)21-11-9-20(10-12-21)8-5-13-23-19-7-6-16(2)17(3)14-19/h6-7,14,18,22H,4-5,8-13,15H2,1-3H3. The fraction of sp³-hybridized carbons (Fsp3) is 0.684. The summed E-state index contributed by atoms with van der Waals surface area (Å²) in [5.74, 6) is 0.978. The average Bonchev–Trinajstić information content (AvgIpc) is 2.57. The largest absolute Gasteiger partial charge is 0.494 e. The predicted molar refractivity (Wildman–Crippen MR) is 95.2 cm³/mol. The van der Waals surface area contributed by atoms with E-state index in [0.29, 0.717) is 6.04 Å². The zero-order valence-corrected chi connectivity index (χ0v) is 14.9. The molecule has 0 amide bonds. The van der Waals surface area contributed by atoms with Crippen molar-refractivity contribution in [2.24, 2.45) is 0 Å². The lowest BCUT2D eigenvalue weighted by molar-refractivity contribution is 0.0617. The molecule has 1 heterocycles. The van der Waals surface area contributed by atoms with E-state index in [1.54, 1.807) is 0 Å². The highest BCUT2D eigenvalue weighted by atomic mass is 16.5. The summed E-state index contributed by atoms with van der Waals surface area (Å²) in [6, 6.07) is 6.63. The van der Waals surface area contributed by atoms with E-state index in [1.807, 2.05) is 0 Å². The van der Waals surface area contributed by atoms with Gasteiger partial charge in [-0.2, -0.15) is 0 Å². The van der Waals surface area contributed by atoms with E-state index < -0.39 is 0 Å². The van der Waals surface area contributed by atoms with Crippen LogP contribution >= 0.6 is 0 Å². The van der Waals surface area contributed by atoms with Crippen LogP contribution in [-0.2, 0) is 0 Å². The zero-order chi connectivity index (χ0) is 16.7. The third-order valence-electron chi connectivity index (χ3n) is 4.97. The molecule has 1 aliphatic rings. The van der Waals surface area contributed by atoms with E-state index in [-0.39, 0.29) is 6.61 Å². The van der Waals surface area contributed by atoms with Crippen LogP contribution in [0.5, 0.6) is 5.75 Å². The van der Waals surface area contributed by atoms with Crippen molar-refractivity contribution in [3.05, 3.63) is 29.3 Å². The molecule has 1 N–H and O–H groups in total. The van der Waals surface area contributed by atoms with Crippen molar-refractivity contribution in [3.8, 4) is 5.75 Å². The first-order chi connectivity index (χ1) is 11.1. The normalized spacial score (nSPS) is 18.1. The molecule has 1 aromatic carbocycles. The highest BCUT2D eigenvalue weighted by molar-refractivity contribution is 5.33. The maximum atomic E-state index is 9.39. The van der Waals surface area contributed by atoms with Gasteiger partial charge in [0.05, 0.1) is 13.2 Å². The zero-order valence-electron chi connectivity index (χ0n) is 14.9.